The molecule has 0 atom stereocenters. The molecule has 0 fully saturated rings. The molecule has 1 N–H and O–H groups in total. The van der Waals surface area contributed by atoms with Crippen LogP contribution < -0.4 is 10.1 Å². The molecule has 1 aromatic heterocycles. The third-order valence-electron chi connectivity index (χ3n) is 6.11. The van der Waals surface area contributed by atoms with Crippen LogP contribution in [0.2, 0.25) is 5.02 Å². The van der Waals surface area contributed by atoms with Gasteiger partial charge in [-0.1, -0.05) is 41.9 Å². The summed E-state index contributed by atoms with van der Waals surface area (Å²) in [5.41, 5.74) is 2.98. The summed E-state index contributed by atoms with van der Waals surface area (Å²) in [6.07, 6.45) is 0.555. The monoisotopic (exact) mass is 566 g/mol. The molecule has 3 aromatic carbocycles. The zero-order valence-electron chi connectivity index (χ0n) is 22.7. The Kier molecular flexibility index (Phi) is 8.27. The van der Waals surface area contributed by atoms with E-state index < -0.39 is 10.0 Å². The Morgan fingerprint density at radius 2 is 1.74 bits per heavy atom. The van der Waals surface area contributed by atoms with Gasteiger partial charge in [-0.3, -0.25) is 9.48 Å². The Bertz CT molecular complexity index is 1670. The lowest BCUT2D eigenvalue weighted by molar-refractivity contribution is -0.470. The number of methoxy groups -OCH3 is 1. The van der Waals surface area contributed by atoms with Crippen LogP contribution in [0, 0.1) is 6.92 Å². The molecule has 39 heavy (non-hydrogen) atoms. The number of fused-ring (bicyclic) bond motifs is 1. The number of halogens is 1. The number of likely N-dealkylation sites (N-methyl/N-ethyl adjacent to an activating group) is 1. The number of ether oxygens (including phenoxy) is 1. The van der Waals surface area contributed by atoms with Crippen molar-refractivity contribution in [3.8, 4) is 5.75 Å². The number of anilines is 2. The number of sulfonamides is 1. The SMILES string of the molecule is COc1ccc(Cl)c(Nc2nc3ccccc3nc2[N-]S(=O)(=O)c2cc(CC(N(C)C)=[N+](C)C)ccc2C)c1. The number of aromatic nitrogens is 2. The molecule has 0 radical (unpaired) electrons. The average molecular weight is 567 g/mol. The summed E-state index contributed by atoms with van der Waals surface area (Å²) in [6, 6.07) is 17.6. The van der Waals surface area contributed by atoms with Crippen LogP contribution in [-0.4, -0.2) is 69.0 Å². The molecule has 4 rings (SSSR count). The Labute approximate surface area is 234 Å². The second-order valence-corrected chi connectivity index (χ2v) is 11.4. The van der Waals surface area contributed by atoms with Crippen molar-refractivity contribution in [3.63, 3.8) is 0 Å². The molecule has 0 saturated carbocycles. The highest BCUT2D eigenvalue weighted by Gasteiger charge is 2.19. The maximum atomic E-state index is 13.7. The standard InChI is InChI=1S/C28H31ClN6O3S/c1-18-11-12-19(16-26(34(2)3)35(4)5)15-25(18)39(36,37)33-28-27(30-22-9-7-8-10-23(22)31-28)32-24-17-20(38-6)13-14-21(24)29/h7-15,17H,16H2,1-6H3,(H-,30,31,32,33). The molecular weight excluding hydrogens is 536 g/mol. The number of rotatable bonds is 8. The van der Waals surface area contributed by atoms with Gasteiger partial charge in [0.05, 0.1) is 62.8 Å². The molecule has 204 valence electrons. The predicted molar refractivity (Wildman–Crippen MR) is 157 cm³/mol. The van der Waals surface area contributed by atoms with Crippen LogP contribution in [0.25, 0.3) is 15.8 Å². The van der Waals surface area contributed by atoms with Gasteiger partial charge in [0, 0.05) is 6.07 Å². The molecule has 0 spiro atoms. The Morgan fingerprint density at radius 1 is 1.05 bits per heavy atom. The lowest BCUT2D eigenvalue weighted by Gasteiger charge is -2.22. The van der Waals surface area contributed by atoms with E-state index in [0.29, 0.717) is 39.5 Å². The molecule has 9 nitrogen and oxygen atoms in total. The third-order valence-corrected chi connectivity index (χ3v) is 7.85. The van der Waals surface area contributed by atoms with Crippen molar-refractivity contribution in [1.82, 2.24) is 14.9 Å². The Balaban J connectivity index is 1.77. The highest BCUT2D eigenvalue weighted by Crippen LogP contribution is 2.37. The van der Waals surface area contributed by atoms with Crippen molar-refractivity contribution in [2.24, 2.45) is 0 Å². The summed E-state index contributed by atoms with van der Waals surface area (Å²) in [6.45, 7) is 1.75. The molecule has 0 aliphatic heterocycles. The van der Waals surface area contributed by atoms with E-state index >= 15 is 0 Å². The average Bonchev–Trinajstić information content (AvgIpc) is 2.89. The van der Waals surface area contributed by atoms with Gasteiger partial charge in [-0.2, -0.15) is 0 Å². The van der Waals surface area contributed by atoms with Gasteiger partial charge in [-0.05, 0) is 53.7 Å². The van der Waals surface area contributed by atoms with Crippen LogP contribution in [0.5, 0.6) is 5.75 Å². The summed E-state index contributed by atoms with van der Waals surface area (Å²) >= 11 is 6.40. The smallest absolute Gasteiger partial charge is 0.250 e. The highest BCUT2D eigenvalue weighted by molar-refractivity contribution is 7.94. The summed E-state index contributed by atoms with van der Waals surface area (Å²) < 4.78 is 38.9. The van der Waals surface area contributed by atoms with Crippen LogP contribution in [0.4, 0.5) is 17.3 Å². The van der Waals surface area contributed by atoms with Gasteiger partial charge in [-0.15, -0.1) is 0 Å². The Hall–Kier alpha value is -3.89. The van der Waals surface area contributed by atoms with E-state index in [1.165, 1.54) is 0 Å². The number of nitrogens with zero attached hydrogens (tertiary/aromatic N) is 5. The van der Waals surface area contributed by atoms with Crippen molar-refractivity contribution >= 4 is 55.8 Å². The molecule has 0 unspecified atom stereocenters. The van der Waals surface area contributed by atoms with Gasteiger partial charge in [0.15, 0.2) is 0 Å². The zero-order valence-corrected chi connectivity index (χ0v) is 24.3. The molecule has 0 bridgehead atoms. The summed E-state index contributed by atoms with van der Waals surface area (Å²) in [7, 11) is 5.21. The van der Waals surface area contributed by atoms with Gasteiger partial charge in [0.25, 0.3) is 0 Å². The van der Waals surface area contributed by atoms with Crippen LogP contribution in [-0.2, 0) is 16.4 Å². The van der Waals surface area contributed by atoms with Gasteiger partial charge in [0.2, 0.25) is 15.9 Å². The quantitative estimate of drug-likeness (QED) is 0.170. The first-order valence-corrected chi connectivity index (χ1v) is 14.0. The highest BCUT2D eigenvalue weighted by atomic mass is 35.5. The van der Waals surface area contributed by atoms with Crippen LogP contribution in [0.15, 0.2) is 65.6 Å². The van der Waals surface area contributed by atoms with E-state index in [2.05, 4.69) is 20.0 Å². The number of hydrogen-bond donors (Lipinski definition) is 1. The fraction of sp³-hybridized carbons (Fsp3) is 0.250. The number of aryl methyl sites for hydroxylation is 1. The van der Waals surface area contributed by atoms with Crippen molar-refractivity contribution in [2.75, 3.05) is 40.6 Å². The molecule has 0 saturated heterocycles. The third kappa shape index (κ3) is 6.40. The fourth-order valence-electron chi connectivity index (χ4n) is 4.09. The zero-order chi connectivity index (χ0) is 28.3. The first-order chi connectivity index (χ1) is 18.5. The number of benzene rings is 3. The topological polar surface area (TPSA) is 102 Å². The Morgan fingerprint density at radius 3 is 2.38 bits per heavy atom. The van der Waals surface area contributed by atoms with Gasteiger partial charge in [-0.25, -0.2) is 13.4 Å². The number of nitrogens with one attached hydrogen (secondary N) is 1. The molecule has 0 aliphatic rings. The van der Waals surface area contributed by atoms with Gasteiger partial charge >= 0.3 is 0 Å². The maximum Gasteiger partial charge on any atom is 0.250 e. The minimum atomic E-state index is -4.16. The van der Waals surface area contributed by atoms with Gasteiger partial charge in [0.1, 0.15) is 11.6 Å². The van der Waals surface area contributed by atoms with Crippen LogP contribution >= 0.6 is 11.6 Å². The predicted octanol–water partition coefficient (Wildman–Crippen LogP) is 5.51. The van der Waals surface area contributed by atoms with E-state index in [1.54, 1.807) is 62.6 Å². The van der Waals surface area contributed by atoms with E-state index in [4.69, 9.17) is 16.3 Å². The van der Waals surface area contributed by atoms with E-state index in [-0.39, 0.29) is 16.5 Å². The van der Waals surface area contributed by atoms with Crippen LogP contribution in [0.3, 0.4) is 0 Å². The normalized spacial score (nSPS) is 11.3. The number of amidine groups is 1. The van der Waals surface area contributed by atoms with Crippen molar-refractivity contribution in [3.05, 3.63) is 81.5 Å². The lowest BCUT2D eigenvalue weighted by atomic mass is 10.1. The second kappa shape index (κ2) is 11.5. The first-order valence-electron chi connectivity index (χ1n) is 12.1. The minimum Gasteiger partial charge on any atom is -0.497 e. The summed E-state index contributed by atoms with van der Waals surface area (Å²) in [5, 5.41) is 3.50. The summed E-state index contributed by atoms with van der Waals surface area (Å²) in [4.78, 5) is 11.3. The molecule has 4 aromatic rings. The number of para-hydroxylation sites is 2. The molecule has 11 heteroatoms. The van der Waals surface area contributed by atoms with Crippen molar-refractivity contribution in [2.45, 2.75) is 18.2 Å². The summed E-state index contributed by atoms with van der Waals surface area (Å²) in [5.74, 6) is 1.67. The molecule has 0 amide bonds. The largest absolute Gasteiger partial charge is 0.497 e. The minimum absolute atomic E-state index is 0.0776. The van der Waals surface area contributed by atoms with Crippen molar-refractivity contribution in [1.29, 1.82) is 0 Å². The van der Waals surface area contributed by atoms with Crippen LogP contribution in [0.1, 0.15) is 11.1 Å². The van der Waals surface area contributed by atoms with Gasteiger partial charge < -0.3 is 19.8 Å². The maximum absolute atomic E-state index is 13.7. The van der Waals surface area contributed by atoms with E-state index in [1.807, 2.05) is 49.8 Å². The molecular formula is C28H31ClN6O3S. The van der Waals surface area contributed by atoms with E-state index in [9.17, 15) is 8.42 Å². The lowest BCUT2D eigenvalue weighted by Crippen LogP contribution is -2.31. The van der Waals surface area contributed by atoms with E-state index in [0.717, 1.165) is 11.4 Å². The first kappa shape index (κ1) is 28.1. The molecule has 1 heterocycles. The second-order valence-electron chi connectivity index (χ2n) is 9.40. The number of hydrogen-bond acceptors (Lipinski definition) is 6. The molecule has 0 aliphatic carbocycles. The fourth-order valence-corrected chi connectivity index (χ4v) is 5.48. The van der Waals surface area contributed by atoms with Crippen molar-refractivity contribution < 1.29 is 17.7 Å².